The van der Waals surface area contributed by atoms with Gasteiger partial charge in [-0.3, -0.25) is 4.99 Å². The van der Waals surface area contributed by atoms with Crippen LogP contribution in [0.5, 0.6) is 0 Å². The van der Waals surface area contributed by atoms with Crippen LogP contribution in [0.25, 0.3) is 0 Å². The van der Waals surface area contributed by atoms with Crippen LogP contribution in [0, 0.1) is 0 Å². The third-order valence-electron chi connectivity index (χ3n) is 1.37. The van der Waals surface area contributed by atoms with E-state index in [0.29, 0.717) is 0 Å². The molecule has 0 saturated carbocycles. The zero-order valence-electron chi connectivity index (χ0n) is 7.34. The molecule has 1 unspecified atom stereocenters. The van der Waals surface area contributed by atoms with Crippen molar-refractivity contribution in [3.63, 3.8) is 0 Å². The van der Waals surface area contributed by atoms with Gasteiger partial charge in [0, 0.05) is 20.0 Å². The van der Waals surface area contributed by atoms with Gasteiger partial charge in [0.15, 0.2) is 6.40 Å². The number of aliphatic imine (C=N–C) groups is 1. The van der Waals surface area contributed by atoms with Gasteiger partial charge in [0.05, 0.1) is 0 Å². The molecule has 0 bridgehead atoms. The van der Waals surface area contributed by atoms with E-state index in [2.05, 4.69) is 4.99 Å². The van der Waals surface area contributed by atoms with Gasteiger partial charge < -0.3 is 10.5 Å². The SMILES string of the molecule is CN=COC(CN)CCC(F)(F)F. The van der Waals surface area contributed by atoms with Gasteiger partial charge in [-0.05, 0) is 6.42 Å². The standard InChI is InChI=1S/C7H13F3N2O/c1-12-5-13-6(4-11)2-3-7(8,9)10/h5-6H,2-4,11H2,1H3. The number of ether oxygens (including phenoxy) is 1. The first-order valence-electron chi connectivity index (χ1n) is 3.82. The minimum Gasteiger partial charge on any atom is -0.479 e. The first-order chi connectivity index (χ1) is 5.99. The molecule has 0 saturated heterocycles. The highest BCUT2D eigenvalue weighted by molar-refractivity contribution is 5.46. The lowest BCUT2D eigenvalue weighted by Gasteiger charge is -2.14. The lowest BCUT2D eigenvalue weighted by atomic mass is 10.2. The van der Waals surface area contributed by atoms with Crippen molar-refractivity contribution >= 4 is 6.40 Å². The summed E-state index contributed by atoms with van der Waals surface area (Å²) in [4.78, 5) is 3.48. The molecular weight excluding hydrogens is 185 g/mol. The fourth-order valence-corrected chi connectivity index (χ4v) is 0.713. The Morgan fingerprint density at radius 3 is 2.54 bits per heavy atom. The van der Waals surface area contributed by atoms with Crippen LogP contribution < -0.4 is 5.73 Å². The molecule has 0 amide bonds. The average Bonchev–Trinajstić information content (AvgIpc) is 2.03. The van der Waals surface area contributed by atoms with Crippen molar-refractivity contribution in [3.8, 4) is 0 Å². The smallest absolute Gasteiger partial charge is 0.389 e. The summed E-state index contributed by atoms with van der Waals surface area (Å²) in [6.07, 6.45) is -4.67. The number of hydrogen-bond donors (Lipinski definition) is 1. The lowest BCUT2D eigenvalue weighted by molar-refractivity contribution is -0.139. The number of nitrogens with two attached hydrogens (primary N) is 1. The lowest BCUT2D eigenvalue weighted by Crippen LogP contribution is -2.25. The van der Waals surface area contributed by atoms with Crippen LogP contribution in [0.1, 0.15) is 12.8 Å². The molecule has 2 N–H and O–H groups in total. The molecule has 3 nitrogen and oxygen atoms in total. The first-order valence-corrected chi connectivity index (χ1v) is 3.82. The summed E-state index contributed by atoms with van der Waals surface area (Å²) in [7, 11) is 1.47. The Hall–Kier alpha value is -0.780. The minimum absolute atomic E-state index is 0.0576. The van der Waals surface area contributed by atoms with E-state index in [9.17, 15) is 13.2 Å². The van der Waals surface area contributed by atoms with Gasteiger partial charge in [-0.15, -0.1) is 0 Å². The molecule has 0 aliphatic rings. The second-order valence-electron chi connectivity index (χ2n) is 2.51. The molecule has 0 rings (SSSR count). The number of hydrogen-bond acceptors (Lipinski definition) is 3. The molecule has 0 aromatic heterocycles. The van der Waals surface area contributed by atoms with E-state index < -0.39 is 18.7 Å². The van der Waals surface area contributed by atoms with Crippen LogP contribution in [0.4, 0.5) is 13.2 Å². The first kappa shape index (κ1) is 12.2. The van der Waals surface area contributed by atoms with Gasteiger partial charge in [-0.1, -0.05) is 0 Å². The predicted molar refractivity (Wildman–Crippen MR) is 43.6 cm³/mol. The van der Waals surface area contributed by atoms with E-state index in [0.717, 1.165) is 6.40 Å². The maximum atomic E-state index is 11.7. The van der Waals surface area contributed by atoms with Crippen molar-refractivity contribution in [1.29, 1.82) is 0 Å². The van der Waals surface area contributed by atoms with E-state index in [4.69, 9.17) is 10.5 Å². The molecule has 78 valence electrons. The molecule has 0 aliphatic heterocycles. The number of rotatable bonds is 5. The summed E-state index contributed by atoms with van der Waals surface area (Å²) >= 11 is 0. The molecule has 0 aromatic rings. The van der Waals surface area contributed by atoms with Crippen molar-refractivity contribution in [2.75, 3.05) is 13.6 Å². The van der Waals surface area contributed by atoms with Crippen LogP contribution in [0.3, 0.4) is 0 Å². The average molecular weight is 198 g/mol. The molecule has 0 radical (unpaired) electrons. The Labute approximate surface area is 74.8 Å². The molecule has 6 heteroatoms. The summed E-state index contributed by atoms with van der Waals surface area (Å²) in [6.45, 7) is 0.0576. The molecule has 0 heterocycles. The van der Waals surface area contributed by atoms with Crippen LogP contribution in [-0.4, -0.2) is 32.3 Å². The third-order valence-corrected chi connectivity index (χ3v) is 1.37. The van der Waals surface area contributed by atoms with Gasteiger partial charge in [-0.25, -0.2) is 0 Å². The zero-order chi connectivity index (χ0) is 10.3. The van der Waals surface area contributed by atoms with E-state index in [1.165, 1.54) is 7.05 Å². The number of halogens is 3. The summed E-state index contributed by atoms with van der Waals surface area (Å²) < 4.78 is 40.1. The summed E-state index contributed by atoms with van der Waals surface area (Å²) in [6, 6.07) is 0. The number of nitrogens with zero attached hydrogens (tertiary/aromatic N) is 1. The van der Waals surface area contributed by atoms with E-state index in [-0.39, 0.29) is 13.0 Å². The van der Waals surface area contributed by atoms with Crippen molar-refractivity contribution in [1.82, 2.24) is 0 Å². The zero-order valence-corrected chi connectivity index (χ0v) is 7.34. The summed E-state index contributed by atoms with van der Waals surface area (Å²) in [5, 5.41) is 0. The Morgan fingerprint density at radius 1 is 1.54 bits per heavy atom. The molecule has 0 spiro atoms. The van der Waals surface area contributed by atoms with Gasteiger partial charge in [0.2, 0.25) is 0 Å². The molecule has 0 fully saturated rings. The molecule has 0 aromatic carbocycles. The van der Waals surface area contributed by atoms with Gasteiger partial charge in [-0.2, -0.15) is 13.2 Å². The fraction of sp³-hybridized carbons (Fsp3) is 0.857. The maximum Gasteiger partial charge on any atom is 0.389 e. The Bertz CT molecular complexity index is 158. The Balaban J connectivity index is 3.72. The maximum absolute atomic E-state index is 11.7. The minimum atomic E-state index is -4.15. The topological polar surface area (TPSA) is 47.6 Å². The highest BCUT2D eigenvalue weighted by Crippen LogP contribution is 2.22. The van der Waals surface area contributed by atoms with Crippen molar-refractivity contribution in [3.05, 3.63) is 0 Å². The predicted octanol–water partition coefficient (Wildman–Crippen LogP) is 1.33. The second-order valence-corrected chi connectivity index (χ2v) is 2.51. The van der Waals surface area contributed by atoms with Crippen molar-refractivity contribution < 1.29 is 17.9 Å². The largest absolute Gasteiger partial charge is 0.479 e. The monoisotopic (exact) mass is 198 g/mol. The number of alkyl halides is 3. The molecule has 13 heavy (non-hydrogen) atoms. The molecule has 0 aliphatic carbocycles. The van der Waals surface area contributed by atoms with Crippen LogP contribution in [0.15, 0.2) is 4.99 Å². The summed E-state index contributed by atoms with van der Waals surface area (Å²) in [5.41, 5.74) is 5.19. The molecular formula is C7H13F3N2O. The fourth-order valence-electron chi connectivity index (χ4n) is 0.713. The van der Waals surface area contributed by atoms with E-state index in [1.54, 1.807) is 0 Å². The van der Waals surface area contributed by atoms with Crippen molar-refractivity contribution in [2.24, 2.45) is 10.7 Å². The van der Waals surface area contributed by atoms with Crippen LogP contribution in [0.2, 0.25) is 0 Å². The second kappa shape index (κ2) is 5.80. The van der Waals surface area contributed by atoms with Gasteiger partial charge in [0.25, 0.3) is 0 Å². The third kappa shape index (κ3) is 7.58. The highest BCUT2D eigenvalue weighted by atomic mass is 19.4. The normalized spacial score (nSPS) is 14.8. The van der Waals surface area contributed by atoms with Gasteiger partial charge in [0.1, 0.15) is 6.10 Å². The quantitative estimate of drug-likeness (QED) is 0.535. The summed E-state index contributed by atoms with van der Waals surface area (Å²) in [5.74, 6) is 0. The Morgan fingerprint density at radius 2 is 2.15 bits per heavy atom. The Kier molecular flexibility index (Phi) is 5.45. The van der Waals surface area contributed by atoms with Crippen LogP contribution >= 0.6 is 0 Å². The van der Waals surface area contributed by atoms with Gasteiger partial charge >= 0.3 is 6.18 Å². The highest BCUT2D eigenvalue weighted by Gasteiger charge is 2.28. The van der Waals surface area contributed by atoms with E-state index >= 15 is 0 Å². The van der Waals surface area contributed by atoms with E-state index in [1.807, 2.05) is 0 Å². The van der Waals surface area contributed by atoms with Crippen LogP contribution in [-0.2, 0) is 4.74 Å². The van der Waals surface area contributed by atoms with Crippen molar-refractivity contribution in [2.45, 2.75) is 25.1 Å². The molecule has 1 atom stereocenters.